The van der Waals surface area contributed by atoms with Crippen LogP contribution in [0, 0.1) is 0 Å². The molecule has 4 nitrogen and oxygen atoms in total. The molecule has 0 spiro atoms. The summed E-state index contributed by atoms with van der Waals surface area (Å²) in [4.78, 5) is 13.9. The van der Waals surface area contributed by atoms with E-state index in [9.17, 15) is 4.79 Å². The van der Waals surface area contributed by atoms with Gasteiger partial charge in [-0.25, -0.2) is 0 Å². The Morgan fingerprint density at radius 2 is 1.75 bits per heavy atom. The van der Waals surface area contributed by atoms with Crippen molar-refractivity contribution in [3.05, 3.63) is 30.0 Å². The Morgan fingerprint density at radius 1 is 1.10 bits per heavy atom. The molecule has 104 valence electrons. The topological polar surface area (TPSA) is 51.3 Å². The number of H-pyrrole nitrogens is 1. The number of carbonyl (C=O) groups is 1. The van der Waals surface area contributed by atoms with Crippen LogP contribution >= 0.6 is 0 Å². The number of aldehydes is 1. The second-order valence-corrected chi connectivity index (χ2v) is 6.28. The van der Waals surface area contributed by atoms with Crippen molar-refractivity contribution in [3.8, 4) is 0 Å². The molecule has 5 heteroatoms. The van der Waals surface area contributed by atoms with Gasteiger partial charge < -0.3 is 14.3 Å². The maximum atomic E-state index is 10.8. The summed E-state index contributed by atoms with van der Waals surface area (Å²) in [5.74, 6) is 0. The number of fused-ring (bicyclic) bond motifs is 1. The second-order valence-electron chi connectivity index (χ2n) is 6.28. The lowest BCUT2D eigenvalue weighted by molar-refractivity contribution is 0.00578. The lowest BCUT2D eigenvalue weighted by Crippen LogP contribution is -2.41. The lowest BCUT2D eigenvalue weighted by Gasteiger charge is -2.32. The van der Waals surface area contributed by atoms with Gasteiger partial charge in [-0.15, -0.1) is 0 Å². The molecule has 0 atom stereocenters. The fourth-order valence-electron chi connectivity index (χ4n) is 2.36. The van der Waals surface area contributed by atoms with Gasteiger partial charge in [0.1, 0.15) is 0 Å². The highest BCUT2D eigenvalue weighted by Gasteiger charge is 2.51. The van der Waals surface area contributed by atoms with Gasteiger partial charge in [-0.2, -0.15) is 0 Å². The molecule has 1 aliphatic rings. The van der Waals surface area contributed by atoms with Crippen LogP contribution in [-0.4, -0.2) is 29.6 Å². The molecule has 0 radical (unpaired) electrons. The molecule has 1 N–H and O–H groups in total. The van der Waals surface area contributed by atoms with Crippen molar-refractivity contribution in [2.45, 2.75) is 38.9 Å². The third kappa shape index (κ3) is 1.98. The van der Waals surface area contributed by atoms with Gasteiger partial charge in [-0.05, 0) is 45.3 Å². The minimum absolute atomic E-state index is 0.351. The first-order valence-corrected chi connectivity index (χ1v) is 6.76. The SMILES string of the molecule is CC1(C)OB(c2ccc3cc(C=O)[nH]c3c2)OC1(C)C. The number of benzene rings is 1. The average Bonchev–Trinajstić information content (AvgIpc) is 2.87. The van der Waals surface area contributed by atoms with Gasteiger partial charge in [-0.3, -0.25) is 4.79 Å². The summed E-state index contributed by atoms with van der Waals surface area (Å²) in [5, 5.41) is 1.01. The third-order valence-electron chi connectivity index (χ3n) is 4.32. The van der Waals surface area contributed by atoms with Crippen molar-refractivity contribution in [1.29, 1.82) is 0 Å². The van der Waals surface area contributed by atoms with Gasteiger partial charge in [-0.1, -0.05) is 12.1 Å². The number of aromatic amines is 1. The first-order valence-electron chi connectivity index (χ1n) is 6.76. The van der Waals surface area contributed by atoms with Crippen molar-refractivity contribution >= 4 is 29.8 Å². The first-order chi connectivity index (χ1) is 9.32. The number of nitrogens with one attached hydrogen (secondary N) is 1. The zero-order valence-electron chi connectivity index (χ0n) is 12.2. The summed E-state index contributed by atoms with van der Waals surface area (Å²) in [6.07, 6.45) is 0.814. The molecule has 1 saturated heterocycles. The molecule has 20 heavy (non-hydrogen) atoms. The largest absolute Gasteiger partial charge is 0.494 e. The summed E-state index contributed by atoms with van der Waals surface area (Å²) < 4.78 is 12.1. The summed E-state index contributed by atoms with van der Waals surface area (Å²) in [5.41, 5.74) is 1.74. The van der Waals surface area contributed by atoms with E-state index in [-0.39, 0.29) is 18.3 Å². The smallest absolute Gasteiger partial charge is 0.399 e. The Morgan fingerprint density at radius 3 is 2.35 bits per heavy atom. The number of rotatable bonds is 2. The molecular weight excluding hydrogens is 253 g/mol. The highest BCUT2D eigenvalue weighted by molar-refractivity contribution is 6.62. The second kappa shape index (κ2) is 4.20. The number of hydrogen-bond acceptors (Lipinski definition) is 3. The normalized spacial score (nSPS) is 20.5. The molecular formula is C15H18BNO3. The van der Waals surface area contributed by atoms with E-state index >= 15 is 0 Å². The van der Waals surface area contributed by atoms with Crippen LogP contribution in [0.1, 0.15) is 38.2 Å². The molecule has 0 aliphatic carbocycles. The van der Waals surface area contributed by atoms with Crippen LogP contribution in [0.2, 0.25) is 0 Å². The predicted molar refractivity (Wildman–Crippen MR) is 79.4 cm³/mol. The van der Waals surface area contributed by atoms with Crippen LogP contribution < -0.4 is 5.46 Å². The summed E-state index contributed by atoms with van der Waals surface area (Å²) >= 11 is 0. The highest BCUT2D eigenvalue weighted by atomic mass is 16.7. The molecule has 1 fully saturated rings. The monoisotopic (exact) mass is 271 g/mol. The van der Waals surface area contributed by atoms with E-state index in [1.54, 1.807) is 0 Å². The van der Waals surface area contributed by atoms with Gasteiger partial charge >= 0.3 is 7.12 Å². The molecule has 1 aliphatic heterocycles. The maximum Gasteiger partial charge on any atom is 0.494 e. The van der Waals surface area contributed by atoms with Crippen molar-refractivity contribution in [1.82, 2.24) is 4.98 Å². The molecule has 1 aromatic heterocycles. The zero-order valence-corrected chi connectivity index (χ0v) is 12.2. The van der Waals surface area contributed by atoms with Crippen molar-refractivity contribution < 1.29 is 14.1 Å². The Hall–Kier alpha value is -1.59. The Balaban J connectivity index is 1.97. The van der Waals surface area contributed by atoms with Crippen LogP contribution in [0.4, 0.5) is 0 Å². The number of hydrogen-bond donors (Lipinski definition) is 1. The molecule has 2 aromatic rings. The van der Waals surface area contributed by atoms with Crippen LogP contribution in [0.15, 0.2) is 24.3 Å². The Labute approximate surface area is 118 Å². The van der Waals surface area contributed by atoms with Gasteiger partial charge in [0.15, 0.2) is 6.29 Å². The van der Waals surface area contributed by atoms with E-state index in [1.807, 2.05) is 52.0 Å². The third-order valence-corrected chi connectivity index (χ3v) is 4.32. The fraction of sp³-hybridized carbons (Fsp3) is 0.400. The zero-order chi connectivity index (χ0) is 14.5. The van der Waals surface area contributed by atoms with Gasteiger partial charge in [0.25, 0.3) is 0 Å². The van der Waals surface area contributed by atoms with Gasteiger partial charge in [0, 0.05) is 10.9 Å². The number of carbonyl (C=O) groups excluding carboxylic acids is 1. The quantitative estimate of drug-likeness (QED) is 0.673. The van der Waals surface area contributed by atoms with Crippen LogP contribution in [0.5, 0.6) is 0 Å². The standard InChI is InChI=1S/C15H18BNO3/c1-14(2)15(3,4)20-16(19-14)11-6-5-10-7-12(9-18)17-13(10)8-11/h5-9,17H,1-4H3. The highest BCUT2D eigenvalue weighted by Crippen LogP contribution is 2.36. The fourth-order valence-corrected chi connectivity index (χ4v) is 2.36. The minimum atomic E-state index is -0.382. The molecule has 3 rings (SSSR count). The van der Waals surface area contributed by atoms with E-state index in [0.717, 1.165) is 22.7 Å². The van der Waals surface area contributed by atoms with Gasteiger partial charge in [0.2, 0.25) is 0 Å². The van der Waals surface area contributed by atoms with Crippen LogP contribution in [-0.2, 0) is 9.31 Å². The summed E-state index contributed by atoms with van der Waals surface area (Å²) in [6.45, 7) is 8.13. The van der Waals surface area contributed by atoms with E-state index in [4.69, 9.17) is 9.31 Å². The molecule has 2 heterocycles. The first kappa shape index (κ1) is 13.4. The average molecular weight is 271 g/mol. The van der Waals surface area contributed by atoms with E-state index in [0.29, 0.717) is 5.69 Å². The Bertz CT molecular complexity index is 659. The molecule has 0 bridgehead atoms. The van der Waals surface area contributed by atoms with Crippen LogP contribution in [0.3, 0.4) is 0 Å². The van der Waals surface area contributed by atoms with E-state index in [1.165, 1.54) is 0 Å². The number of aromatic nitrogens is 1. The lowest BCUT2D eigenvalue weighted by atomic mass is 9.79. The van der Waals surface area contributed by atoms with Crippen molar-refractivity contribution in [2.75, 3.05) is 0 Å². The molecule has 0 unspecified atom stereocenters. The summed E-state index contributed by atoms with van der Waals surface area (Å²) in [7, 11) is -0.382. The molecule has 1 aromatic carbocycles. The Kier molecular flexibility index (Phi) is 2.82. The minimum Gasteiger partial charge on any atom is -0.399 e. The van der Waals surface area contributed by atoms with Gasteiger partial charge in [0.05, 0.1) is 16.9 Å². The maximum absolute atomic E-state index is 10.8. The van der Waals surface area contributed by atoms with E-state index < -0.39 is 0 Å². The van der Waals surface area contributed by atoms with Crippen molar-refractivity contribution in [2.24, 2.45) is 0 Å². The summed E-state index contributed by atoms with van der Waals surface area (Å²) in [6, 6.07) is 7.76. The predicted octanol–water partition coefficient (Wildman–Crippen LogP) is 2.28. The molecule has 0 amide bonds. The molecule has 0 saturated carbocycles. The van der Waals surface area contributed by atoms with Crippen LogP contribution in [0.25, 0.3) is 10.9 Å². The van der Waals surface area contributed by atoms with E-state index in [2.05, 4.69) is 4.98 Å². The van der Waals surface area contributed by atoms with Crippen molar-refractivity contribution in [3.63, 3.8) is 0 Å².